The Labute approximate surface area is 200 Å². The summed E-state index contributed by atoms with van der Waals surface area (Å²) in [5.41, 5.74) is 4.16. The first-order valence-corrected chi connectivity index (χ1v) is 11.9. The van der Waals surface area contributed by atoms with Crippen LogP contribution in [0.4, 0.5) is 5.13 Å². The standard InChI is InChI=1S/C22H22N4O3S2.ClH/c1-3-25(4-2)7-8-26(21(27)14-5-6-15-19(9-14)30-12-23-15)22-24-16-10-17-18(29-13-28-17)11-20(16)31-22;/h5-6,9-12H,3-4,7-8,13H2,1-2H3;1H. The minimum Gasteiger partial charge on any atom is -0.454 e. The van der Waals surface area contributed by atoms with Gasteiger partial charge in [0.2, 0.25) is 6.79 Å². The Morgan fingerprint density at radius 3 is 2.59 bits per heavy atom. The fourth-order valence-corrected chi connectivity index (χ4v) is 5.35. The van der Waals surface area contributed by atoms with Crippen molar-refractivity contribution in [2.75, 3.05) is 37.9 Å². The maximum Gasteiger partial charge on any atom is 0.260 e. The van der Waals surface area contributed by atoms with E-state index in [0.717, 1.165) is 45.8 Å². The molecule has 0 spiro atoms. The lowest BCUT2D eigenvalue weighted by molar-refractivity contribution is 0.0984. The van der Waals surface area contributed by atoms with E-state index in [1.165, 1.54) is 22.7 Å². The van der Waals surface area contributed by atoms with E-state index in [2.05, 4.69) is 23.7 Å². The summed E-state index contributed by atoms with van der Waals surface area (Å²) in [7, 11) is 0. The second-order valence-corrected chi connectivity index (χ2v) is 9.08. The van der Waals surface area contributed by atoms with Gasteiger partial charge in [0.15, 0.2) is 16.6 Å². The molecule has 0 fully saturated rings. The van der Waals surface area contributed by atoms with Crippen molar-refractivity contribution in [1.82, 2.24) is 14.9 Å². The minimum absolute atomic E-state index is 0. The number of thiazole rings is 2. The van der Waals surface area contributed by atoms with Gasteiger partial charge in [-0.2, -0.15) is 0 Å². The van der Waals surface area contributed by atoms with E-state index in [0.29, 0.717) is 23.0 Å². The summed E-state index contributed by atoms with van der Waals surface area (Å²) in [6, 6.07) is 9.49. The van der Waals surface area contributed by atoms with Crippen LogP contribution in [0.2, 0.25) is 0 Å². The fraction of sp³-hybridized carbons (Fsp3) is 0.318. The van der Waals surface area contributed by atoms with Crippen LogP contribution in [-0.2, 0) is 0 Å². The lowest BCUT2D eigenvalue weighted by Gasteiger charge is -2.24. The van der Waals surface area contributed by atoms with E-state index in [1.807, 2.05) is 30.3 Å². The maximum absolute atomic E-state index is 13.6. The van der Waals surface area contributed by atoms with Gasteiger partial charge in [-0.05, 0) is 31.3 Å². The average Bonchev–Trinajstić information content (AvgIpc) is 3.52. The van der Waals surface area contributed by atoms with Crippen LogP contribution in [0.25, 0.3) is 20.4 Å². The smallest absolute Gasteiger partial charge is 0.260 e. The first kappa shape index (κ1) is 22.7. The van der Waals surface area contributed by atoms with Crippen LogP contribution >= 0.6 is 35.1 Å². The maximum atomic E-state index is 13.6. The van der Waals surface area contributed by atoms with E-state index in [1.54, 1.807) is 10.4 Å². The van der Waals surface area contributed by atoms with Gasteiger partial charge in [0.1, 0.15) is 0 Å². The molecule has 0 saturated carbocycles. The first-order valence-electron chi connectivity index (χ1n) is 10.2. The van der Waals surface area contributed by atoms with Crippen molar-refractivity contribution in [3.8, 4) is 11.5 Å². The van der Waals surface area contributed by atoms with Crippen LogP contribution in [0.1, 0.15) is 24.2 Å². The first-order chi connectivity index (χ1) is 15.2. The number of rotatable bonds is 7. The molecule has 0 saturated heterocycles. The quantitative estimate of drug-likeness (QED) is 0.361. The molecule has 0 unspecified atom stereocenters. The van der Waals surface area contributed by atoms with Crippen molar-refractivity contribution in [3.05, 3.63) is 41.4 Å². The number of carbonyl (C=O) groups excluding carboxylic acids is 1. The Balaban J connectivity index is 0.00000245. The largest absolute Gasteiger partial charge is 0.454 e. The summed E-state index contributed by atoms with van der Waals surface area (Å²) >= 11 is 3.03. The highest BCUT2D eigenvalue weighted by Gasteiger charge is 2.24. The number of fused-ring (bicyclic) bond motifs is 3. The third kappa shape index (κ3) is 4.25. The van der Waals surface area contributed by atoms with Crippen LogP contribution < -0.4 is 14.4 Å². The normalized spacial score (nSPS) is 12.5. The summed E-state index contributed by atoms with van der Waals surface area (Å²) in [5.74, 6) is 1.36. The number of amides is 1. The van der Waals surface area contributed by atoms with Gasteiger partial charge in [0, 0.05) is 30.8 Å². The van der Waals surface area contributed by atoms with Gasteiger partial charge < -0.3 is 14.4 Å². The van der Waals surface area contributed by atoms with Crippen LogP contribution in [-0.4, -0.2) is 53.7 Å². The molecular formula is C22H23ClN4O3S2. The summed E-state index contributed by atoms with van der Waals surface area (Å²) < 4.78 is 13.0. The number of anilines is 1. The Bertz CT molecular complexity index is 1210. The van der Waals surface area contributed by atoms with Crippen LogP contribution in [0.5, 0.6) is 11.5 Å². The molecule has 0 atom stereocenters. The summed E-state index contributed by atoms with van der Waals surface area (Å²) in [6.07, 6.45) is 0. The highest BCUT2D eigenvalue weighted by atomic mass is 35.5. The number of nitrogens with zero attached hydrogens (tertiary/aromatic N) is 4. The molecule has 2 aromatic heterocycles. The molecule has 0 N–H and O–H groups in total. The zero-order valence-corrected chi connectivity index (χ0v) is 20.2. The monoisotopic (exact) mass is 490 g/mol. The Kier molecular flexibility index (Phi) is 6.80. The van der Waals surface area contributed by atoms with Crippen molar-refractivity contribution >= 4 is 66.6 Å². The molecule has 1 aliphatic rings. The minimum atomic E-state index is -0.0541. The van der Waals surface area contributed by atoms with E-state index in [4.69, 9.17) is 14.5 Å². The summed E-state index contributed by atoms with van der Waals surface area (Å²) in [6.45, 7) is 7.71. The lowest BCUT2D eigenvalue weighted by atomic mass is 10.2. The average molecular weight is 491 g/mol. The predicted molar refractivity (Wildman–Crippen MR) is 132 cm³/mol. The Morgan fingerprint density at radius 1 is 1.03 bits per heavy atom. The number of ether oxygens (including phenoxy) is 2. The lowest BCUT2D eigenvalue weighted by Crippen LogP contribution is -2.38. The van der Waals surface area contributed by atoms with Gasteiger partial charge in [-0.15, -0.1) is 23.7 Å². The van der Waals surface area contributed by atoms with Crippen molar-refractivity contribution in [3.63, 3.8) is 0 Å². The molecule has 32 heavy (non-hydrogen) atoms. The summed E-state index contributed by atoms with van der Waals surface area (Å²) in [5, 5.41) is 0.681. The van der Waals surface area contributed by atoms with E-state index in [9.17, 15) is 4.79 Å². The highest BCUT2D eigenvalue weighted by Crippen LogP contribution is 2.40. The SMILES string of the molecule is CCN(CC)CCN(C(=O)c1ccc2ncsc2c1)c1nc2cc3c(cc2s1)OCO3.Cl. The van der Waals surface area contributed by atoms with Crippen molar-refractivity contribution in [2.45, 2.75) is 13.8 Å². The molecule has 1 aliphatic heterocycles. The molecule has 7 nitrogen and oxygen atoms in total. The molecule has 3 heterocycles. The molecule has 5 rings (SSSR count). The van der Waals surface area contributed by atoms with Gasteiger partial charge in [-0.1, -0.05) is 25.2 Å². The number of hydrogen-bond donors (Lipinski definition) is 0. The van der Waals surface area contributed by atoms with Crippen molar-refractivity contribution in [2.24, 2.45) is 0 Å². The number of benzene rings is 2. The molecule has 4 aromatic rings. The second-order valence-electron chi connectivity index (χ2n) is 7.19. The molecule has 1 amide bonds. The second kappa shape index (κ2) is 9.58. The third-order valence-electron chi connectivity index (χ3n) is 5.46. The Morgan fingerprint density at radius 2 is 1.81 bits per heavy atom. The van der Waals surface area contributed by atoms with Crippen LogP contribution in [0, 0.1) is 0 Å². The Hall–Kier alpha value is -2.46. The molecule has 2 aromatic carbocycles. The van der Waals surface area contributed by atoms with Crippen LogP contribution in [0.3, 0.4) is 0 Å². The molecule has 0 radical (unpaired) electrons. The van der Waals surface area contributed by atoms with Gasteiger partial charge in [0.05, 0.1) is 25.9 Å². The van der Waals surface area contributed by atoms with Crippen LogP contribution in [0.15, 0.2) is 35.8 Å². The molecular weight excluding hydrogens is 468 g/mol. The zero-order valence-electron chi connectivity index (χ0n) is 17.7. The topological polar surface area (TPSA) is 67.8 Å². The van der Waals surface area contributed by atoms with E-state index in [-0.39, 0.29) is 25.1 Å². The van der Waals surface area contributed by atoms with Gasteiger partial charge in [-0.3, -0.25) is 9.69 Å². The van der Waals surface area contributed by atoms with Crippen molar-refractivity contribution < 1.29 is 14.3 Å². The zero-order chi connectivity index (χ0) is 21.4. The molecule has 0 aliphatic carbocycles. The number of hydrogen-bond acceptors (Lipinski definition) is 8. The van der Waals surface area contributed by atoms with E-state index >= 15 is 0 Å². The highest BCUT2D eigenvalue weighted by molar-refractivity contribution is 7.22. The van der Waals surface area contributed by atoms with Crippen molar-refractivity contribution in [1.29, 1.82) is 0 Å². The molecule has 0 bridgehead atoms. The molecule has 10 heteroatoms. The fourth-order valence-electron chi connectivity index (χ4n) is 3.63. The number of carbonyl (C=O) groups is 1. The van der Waals surface area contributed by atoms with E-state index < -0.39 is 0 Å². The summed E-state index contributed by atoms with van der Waals surface area (Å²) in [4.78, 5) is 26.8. The predicted octanol–water partition coefficient (Wildman–Crippen LogP) is 5.05. The third-order valence-corrected chi connectivity index (χ3v) is 7.29. The number of likely N-dealkylation sites (N-methyl/N-ethyl adjacent to an activating group) is 1. The number of aromatic nitrogens is 2. The van der Waals surface area contributed by atoms with Gasteiger partial charge in [0.25, 0.3) is 5.91 Å². The number of halogens is 1. The van der Waals surface area contributed by atoms with Gasteiger partial charge >= 0.3 is 0 Å². The molecule has 168 valence electrons. The van der Waals surface area contributed by atoms with Gasteiger partial charge in [-0.25, -0.2) is 9.97 Å².